The van der Waals surface area contributed by atoms with Crippen LogP contribution in [0.3, 0.4) is 0 Å². The van der Waals surface area contributed by atoms with Gasteiger partial charge in [-0.25, -0.2) is 4.98 Å². The molecule has 0 radical (unpaired) electrons. The summed E-state index contributed by atoms with van der Waals surface area (Å²) in [6.07, 6.45) is 6.60. The number of halogens is 3. The maximum atomic E-state index is 13.7. The van der Waals surface area contributed by atoms with E-state index in [1.54, 1.807) is 18.2 Å². The van der Waals surface area contributed by atoms with Crippen molar-refractivity contribution in [3.05, 3.63) is 65.9 Å². The van der Waals surface area contributed by atoms with E-state index in [9.17, 15) is 13.2 Å². The van der Waals surface area contributed by atoms with Crippen molar-refractivity contribution in [2.75, 3.05) is 17.2 Å². The minimum atomic E-state index is -4.59. The molecule has 1 aliphatic rings. The summed E-state index contributed by atoms with van der Waals surface area (Å²) in [6.45, 7) is 2.83. The third-order valence-corrected chi connectivity index (χ3v) is 6.70. The lowest BCUT2D eigenvalue weighted by atomic mass is 9.84. The van der Waals surface area contributed by atoms with E-state index in [0.29, 0.717) is 23.9 Å². The highest BCUT2D eigenvalue weighted by Gasteiger charge is 2.35. The van der Waals surface area contributed by atoms with E-state index in [4.69, 9.17) is 4.74 Å². The van der Waals surface area contributed by atoms with Gasteiger partial charge >= 0.3 is 6.18 Å². The van der Waals surface area contributed by atoms with Gasteiger partial charge in [-0.3, -0.25) is 0 Å². The Balaban J connectivity index is 1.46. The lowest BCUT2D eigenvalue weighted by Gasteiger charge is -2.22. The Hall–Kier alpha value is -3.29. The molecule has 1 aromatic heterocycles. The standard InChI is InChI=1S/C29H35F3N4O/c1-2-3-4-8-18-37-25-16-14-23(15-17-25)35-28-33-20-26(29(30,31)32)27(36-28)34-24-13-9-12-22(19-24)21-10-6-5-7-11-21/h9,12-17,19-21H,2-8,10-11,18H2,1H3,(H2,33,34,35,36). The van der Waals surface area contributed by atoms with Crippen molar-refractivity contribution in [1.82, 2.24) is 9.97 Å². The zero-order chi connectivity index (χ0) is 26.1. The second kappa shape index (κ2) is 12.8. The van der Waals surface area contributed by atoms with Crippen molar-refractivity contribution in [2.45, 2.75) is 76.8 Å². The number of alkyl halides is 3. The van der Waals surface area contributed by atoms with Crippen molar-refractivity contribution in [2.24, 2.45) is 0 Å². The molecule has 0 amide bonds. The van der Waals surface area contributed by atoms with Gasteiger partial charge in [-0.15, -0.1) is 0 Å². The van der Waals surface area contributed by atoms with E-state index >= 15 is 0 Å². The third kappa shape index (κ3) is 7.84. The molecule has 1 saturated carbocycles. The van der Waals surface area contributed by atoms with Crippen LogP contribution in [0.1, 0.15) is 81.8 Å². The summed E-state index contributed by atoms with van der Waals surface area (Å²) in [5.74, 6) is 0.990. The molecule has 1 fully saturated rings. The fourth-order valence-electron chi connectivity index (χ4n) is 4.67. The first-order valence-electron chi connectivity index (χ1n) is 13.2. The molecule has 2 N–H and O–H groups in total. The Labute approximate surface area is 216 Å². The van der Waals surface area contributed by atoms with E-state index in [0.717, 1.165) is 43.2 Å². The van der Waals surface area contributed by atoms with Gasteiger partial charge in [-0.1, -0.05) is 57.6 Å². The van der Waals surface area contributed by atoms with Crippen molar-refractivity contribution in [3.63, 3.8) is 0 Å². The summed E-state index contributed by atoms with van der Waals surface area (Å²) in [7, 11) is 0. The highest BCUT2D eigenvalue weighted by atomic mass is 19.4. The maximum absolute atomic E-state index is 13.7. The van der Waals surface area contributed by atoms with Gasteiger partial charge in [0.2, 0.25) is 5.95 Å². The van der Waals surface area contributed by atoms with E-state index in [-0.39, 0.29) is 11.8 Å². The molecule has 5 nitrogen and oxygen atoms in total. The van der Waals surface area contributed by atoms with Crippen molar-refractivity contribution in [3.8, 4) is 5.75 Å². The lowest BCUT2D eigenvalue weighted by molar-refractivity contribution is -0.137. The number of hydrogen-bond donors (Lipinski definition) is 2. The molecule has 198 valence electrons. The molecule has 0 aliphatic heterocycles. The summed E-state index contributed by atoms with van der Waals surface area (Å²) in [5.41, 5.74) is 1.48. The first-order valence-corrected chi connectivity index (χ1v) is 13.2. The second-order valence-corrected chi connectivity index (χ2v) is 9.60. The minimum absolute atomic E-state index is 0.0761. The predicted molar refractivity (Wildman–Crippen MR) is 142 cm³/mol. The number of hydrogen-bond acceptors (Lipinski definition) is 5. The average Bonchev–Trinajstić information content (AvgIpc) is 2.90. The number of anilines is 4. The molecule has 0 saturated heterocycles. The van der Waals surface area contributed by atoms with E-state index in [2.05, 4.69) is 33.6 Å². The molecule has 0 bridgehead atoms. The topological polar surface area (TPSA) is 59.1 Å². The number of benzene rings is 2. The van der Waals surface area contributed by atoms with Crippen LogP contribution < -0.4 is 15.4 Å². The van der Waals surface area contributed by atoms with Gasteiger partial charge in [0.25, 0.3) is 0 Å². The highest BCUT2D eigenvalue weighted by molar-refractivity contribution is 5.63. The fraction of sp³-hybridized carbons (Fsp3) is 0.448. The average molecular weight is 513 g/mol. The predicted octanol–water partition coefficient (Wildman–Crippen LogP) is 8.99. The van der Waals surface area contributed by atoms with Crippen LogP contribution in [0, 0.1) is 0 Å². The second-order valence-electron chi connectivity index (χ2n) is 9.60. The number of unbranched alkanes of at least 4 members (excludes halogenated alkanes) is 3. The summed E-state index contributed by atoms with van der Waals surface area (Å²) in [4.78, 5) is 8.11. The van der Waals surface area contributed by atoms with Crippen LogP contribution in [-0.2, 0) is 6.18 Å². The molecule has 4 rings (SSSR count). The molecule has 8 heteroatoms. The maximum Gasteiger partial charge on any atom is 0.421 e. The molecule has 3 aromatic rings. The van der Waals surface area contributed by atoms with Gasteiger partial charge in [-0.05, 0) is 67.1 Å². The monoisotopic (exact) mass is 512 g/mol. The number of nitrogens with one attached hydrogen (secondary N) is 2. The van der Waals surface area contributed by atoms with E-state index in [1.165, 1.54) is 32.1 Å². The molecule has 0 spiro atoms. The summed E-state index contributed by atoms with van der Waals surface area (Å²) < 4.78 is 47.0. The smallest absolute Gasteiger partial charge is 0.421 e. The highest BCUT2D eigenvalue weighted by Crippen LogP contribution is 2.37. The van der Waals surface area contributed by atoms with Gasteiger partial charge in [0.05, 0.1) is 6.61 Å². The van der Waals surface area contributed by atoms with Crippen LogP contribution in [0.2, 0.25) is 0 Å². The first kappa shape index (κ1) is 26.8. The normalized spacial score (nSPS) is 14.4. The quantitative estimate of drug-likeness (QED) is 0.251. The molecule has 1 heterocycles. The fourth-order valence-corrected chi connectivity index (χ4v) is 4.67. The molecule has 2 aromatic carbocycles. The van der Waals surface area contributed by atoms with Crippen LogP contribution in [0.4, 0.5) is 36.3 Å². The van der Waals surface area contributed by atoms with Crippen LogP contribution in [0.15, 0.2) is 54.7 Å². The van der Waals surface area contributed by atoms with Gasteiger partial charge in [0.15, 0.2) is 0 Å². The minimum Gasteiger partial charge on any atom is -0.494 e. The van der Waals surface area contributed by atoms with Crippen LogP contribution in [-0.4, -0.2) is 16.6 Å². The molecular weight excluding hydrogens is 477 g/mol. The van der Waals surface area contributed by atoms with E-state index in [1.807, 2.05) is 24.3 Å². The van der Waals surface area contributed by atoms with Crippen LogP contribution in [0.5, 0.6) is 5.75 Å². The molecular formula is C29H35F3N4O. The summed E-state index contributed by atoms with van der Waals surface area (Å²) in [6, 6.07) is 14.9. The Kier molecular flexibility index (Phi) is 9.25. The largest absolute Gasteiger partial charge is 0.494 e. The van der Waals surface area contributed by atoms with Gasteiger partial charge in [0, 0.05) is 17.6 Å². The van der Waals surface area contributed by atoms with Crippen LogP contribution >= 0.6 is 0 Å². The van der Waals surface area contributed by atoms with Crippen molar-refractivity contribution >= 4 is 23.1 Å². The van der Waals surface area contributed by atoms with E-state index < -0.39 is 11.7 Å². The summed E-state index contributed by atoms with van der Waals surface area (Å²) in [5, 5.41) is 5.90. The molecule has 0 unspecified atom stereocenters. The first-order chi connectivity index (χ1) is 17.9. The number of ether oxygens (including phenoxy) is 1. The van der Waals surface area contributed by atoms with Gasteiger partial charge < -0.3 is 15.4 Å². The number of aromatic nitrogens is 2. The summed E-state index contributed by atoms with van der Waals surface area (Å²) >= 11 is 0. The Morgan fingerprint density at radius 3 is 2.43 bits per heavy atom. The Bertz CT molecular complexity index is 1130. The van der Waals surface area contributed by atoms with Gasteiger partial charge in [-0.2, -0.15) is 18.2 Å². The van der Waals surface area contributed by atoms with Crippen LogP contribution in [0.25, 0.3) is 0 Å². The number of nitrogens with zero attached hydrogens (tertiary/aromatic N) is 2. The lowest BCUT2D eigenvalue weighted by Crippen LogP contribution is -2.13. The van der Waals surface area contributed by atoms with Crippen molar-refractivity contribution in [1.29, 1.82) is 0 Å². The van der Waals surface area contributed by atoms with Gasteiger partial charge in [0.1, 0.15) is 17.1 Å². The van der Waals surface area contributed by atoms with Crippen molar-refractivity contribution < 1.29 is 17.9 Å². The third-order valence-electron chi connectivity index (χ3n) is 6.70. The number of rotatable bonds is 11. The molecule has 0 atom stereocenters. The zero-order valence-corrected chi connectivity index (χ0v) is 21.3. The molecule has 37 heavy (non-hydrogen) atoms. The zero-order valence-electron chi connectivity index (χ0n) is 21.3. The SMILES string of the molecule is CCCCCCOc1ccc(Nc2ncc(C(F)(F)F)c(Nc3cccc(C4CCCCC4)c3)n2)cc1. The Morgan fingerprint density at radius 1 is 0.919 bits per heavy atom. The Morgan fingerprint density at radius 2 is 1.70 bits per heavy atom. The molecule has 1 aliphatic carbocycles.